The van der Waals surface area contributed by atoms with Crippen LogP contribution < -0.4 is 4.90 Å². The van der Waals surface area contributed by atoms with E-state index in [1.165, 1.54) is 18.4 Å². The highest BCUT2D eigenvalue weighted by Gasteiger charge is 2.26. The van der Waals surface area contributed by atoms with E-state index in [-0.39, 0.29) is 5.91 Å². The Balaban J connectivity index is 1.75. The second kappa shape index (κ2) is 5.09. The average molecular weight is 244 g/mol. The number of nitrogens with zero attached hydrogens (tertiary/aromatic N) is 2. The summed E-state index contributed by atoms with van der Waals surface area (Å²) in [6, 6.07) is 4.08. The van der Waals surface area contributed by atoms with Crippen LogP contribution in [0.1, 0.15) is 44.1 Å². The number of pyridine rings is 1. The fourth-order valence-electron chi connectivity index (χ4n) is 2.67. The number of anilines is 1. The van der Waals surface area contributed by atoms with Crippen molar-refractivity contribution in [2.24, 2.45) is 5.92 Å². The summed E-state index contributed by atoms with van der Waals surface area (Å²) < 4.78 is 0. The van der Waals surface area contributed by atoms with Gasteiger partial charge in [-0.2, -0.15) is 0 Å². The molecule has 2 heterocycles. The number of carbonyl (C=O) groups excluding carboxylic acids is 1. The zero-order valence-electron chi connectivity index (χ0n) is 10.8. The van der Waals surface area contributed by atoms with E-state index in [0.717, 1.165) is 44.0 Å². The van der Waals surface area contributed by atoms with Crippen molar-refractivity contribution in [1.29, 1.82) is 0 Å². The molecule has 18 heavy (non-hydrogen) atoms. The molecule has 0 N–H and O–H groups in total. The zero-order chi connectivity index (χ0) is 12.4. The van der Waals surface area contributed by atoms with Crippen molar-refractivity contribution in [2.45, 2.75) is 44.9 Å². The lowest BCUT2D eigenvalue weighted by atomic mass is 10.1. The van der Waals surface area contributed by atoms with Crippen LogP contribution in [0.15, 0.2) is 18.3 Å². The number of aromatic nitrogens is 1. The molecule has 0 radical (unpaired) electrons. The van der Waals surface area contributed by atoms with Gasteiger partial charge in [0.2, 0.25) is 5.91 Å². The molecule has 1 saturated carbocycles. The van der Waals surface area contributed by atoms with E-state index in [0.29, 0.717) is 6.42 Å². The molecule has 0 unspecified atom stereocenters. The Morgan fingerprint density at radius 2 is 2.28 bits per heavy atom. The van der Waals surface area contributed by atoms with E-state index in [9.17, 15) is 4.79 Å². The summed E-state index contributed by atoms with van der Waals surface area (Å²) in [6.45, 7) is 0.841. The topological polar surface area (TPSA) is 33.2 Å². The molecule has 0 saturated heterocycles. The Morgan fingerprint density at radius 1 is 1.39 bits per heavy atom. The van der Waals surface area contributed by atoms with Crippen LogP contribution in [0.2, 0.25) is 0 Å². The van der Waals surface area contributed by atoms with Gasteiger partial charge >= 0.3 is 0 Å². The first-order chi connectivity index (χ1) is 8.84. The quantitative estimate of drug-likeness (QED) is 0.819. The van der Waals surface area contributed by atoms with Gasteiger partial charge in [-0.05, 0) is 43.2 Å². The fraction of sp³-hybridized carbons (Fsp3) is 0.600. The lowest BCUT2D eigenvalue weighted by molar-refractivity contribution is -0.118. The number of amides is 1. The zero-order valence-corrected chi connectivity index (χ0v) is 10.8. The first kappa shape index (κ1) is 11.7. The Labute approximate surface area is 108 Å². The van der Waals surface area contributed by atoms with Crippen molar-refractivity contribution in [3.05, 3.63) is 23.9 Å². The van der Waals surface area contributed by atoms with Crippen LogP contribution in [0.25, 0.3) is 0 Å². The summed E-state index contributed by atoms with van der Waals surface area (Å²) >= 11 is 0. The molecule has 1 aliphatic heterocycles. The number of carbonyl (C=O) groups is 1. The number of aryl methyl sites for hydroxylation is 1. The second-order valence-electron chi connectivity index (χ2n) is 5.47. The highest BCUT2D eigenvalue weighted by Crippen LogP contribution is 2.34. The summed E-state index contributed by atoms with van der Waals surface area (Å²) in [6.07, 6.45) is 9.50. The van der Waals surface area contributed by atoms with Gasteiger partial charge in [0, 0.05) is 19.2 Å². The van der Waals surface area contributed by atoms with Crippen LogP contribution in [-0.2, 0) is 11.2 Å². The lowest BCUT2D eigenvalue weighted by Crippen LogP contribution is -2.32. The summed E-state index contributed by atoms with van der Waals surface area (Å²) in [5, 5.41) is 0. The molecule has 0 atom stereocenters. The van der Waals surface area contributed by atoms with Gasteiger partial charge in [-0.25, -0.2) is 4.98 Å². The van der Waals surface area contributed by atoms with Crippen LogP contribution in [0.3, 0.4) is 0 Å². The van der Waals surface area contributed by atoms with Crippen LogP contribution >= 0.6 is 0 Å². The van der Waals surface area contributed by atoms with Crippen LogP contribution in [0, 0.1) is 5.92 Å². The minimum absolute atomic E-state index is 0.267. The SMILES string of the molecule is O=C(CCC1CC1)N1CCCCc2cccnc21. The van der Waals surface area contributed by atoms with Gasteiger partial charge in [0.15, 0.2) is 0 Å². The van der Waals surface area contributed by atoms with Crippen LogP contribution in [-0.4, -0.2) is 17.4 Å². The maximum absolute atomic E-state index is 12.3. The number of hydrogen-bond acceptors (Lipinski definition) is 2. The fourth-order valence-corrected chi connectivity index (χ4v) is 2.67. The van der Waals surface area contributed by atoms with E-state index in [4.69, 9.17) is 0 Å². The molecule has 0 aromatic carbocycles. The van der Waals surface area contributed by atoms with Gasteiger partial charge in [-0.15, -0.1) is 0 Å². The maximum atomic E-state index is 12.3. The molecule has 2 aliphatic rings. The van der Waals surface area contributed by atoms with Crippen molar-refractivity contribution in [1.82, 2.24) is 4.98 Å². The van der Waals surface area contributed by atoms with E-state index < -0.39 is 0 Å². The first-order valence-corrected chi connectivity index (χ1v) is 7.09. The monoisotopic (exact) mass is 244 g/mol. The second-order valence-corrected chi connectivity index (χ2v) is 5.47. The molecule has 3 heteroatoms. The molecule has 1 aromatic heterocycles. The predicted octanol–water partition coefficient (Wildman–Crippen LogP) is 2.94. The maximum Gasteiger partial charge on any atom is 0.228 e. The Morgan fingerprint density at radius 3 is 3.11 bits per heavy atom. The molecule has 1 fully saturated rings. The minimum atomic E-state index is 0.267. The number of fused-ring (bicyclic) bond motifs is 1. The normalized spacial score (nSPS) is 19.2. The Bertz CT molecular complexity index is 440. The average Bonchev–Trinajstić information content (AvgIpc) is 3.22. The van der Waals surface area contributed by atoms with Crippen molar-refractivity contribution in [3.63, 3.8) is 0 Å². The smallest absolute Gasteiger partial charge is 0.228 e. The molecular formula is C15H20N2O. The van der Waals surface area contributed by atoms with E-state index in [1.54, 1.807) is 6.20 Å². The molecule has 1 amide bonds. The van der Waals surface area contributed by atoms with Crippen LogP contribution in [0.5, 0.6) is 0 Å². The third-order valence-electron chi connectivity index (χ3n) is 3.97. The van der Waals surface area contributed by atoms with Crippen molar-refractivity contribution < 1.29 is 4.79 Å². The molecule has 96 valence electrons. The predicted molar refractivity (Wildman–Crippen MR) is 71.5 cm³/mol. The number of rotatable bonds is 3. The largest absolute Gasteiger partial charge is 0.297 e. The third-order valence-corrected chi connectivity index (χ3v) is 3.97. The summed E-state index contributed by atoms with van der Waals surface area (Å²) in [4.78, 5) is 18.7. The summed E-state index contributed by atoms with van der Waals surface area (Å²) in [5.41, 5.74) is 1.23. The van der Waals surface area contributed by atoms with Crippen molar-refractivity contribution >= 4 is 11.7 Å². The van der Waals surface area contributed by atoms with Gasteiger partial charge in [0.1, 0.15) is 5.82 Å². The van der Waals surface area contributed by atoms with Gasteiger partial charge < -0.3 is 0 Å². The van der Waals surface area contributed by atoms with Gasteiger partial charge in [0.05, 0.1) is 0 Å². The van der Waals surface area contributed by atoms with Crippen molar-refractivity contribution in [3.8, 4) is 0 Å². The molecule has 3 rings (SSSR count). The molecule has 0 spiro atoms. The van der Waals surface area contributed by atoms with Gasteiger partial charge in [-0.1, -0.05) is 18.9 Å². The third kappa shape index (κ3) is 2.55. The molecule has 3 nitrogen and oxygen atoms in total. The highest BCUT2D eigenvalue weighted by atomic mass is 16.2. The van der Waals surface area contributed by atoms with E-state index >= 15 is 0 Å². The first-order valence-electron chi connectivity index (χ1n) is 7.09. The molecule has 1 aromatic rings. The standard InChI is InChI=1S/C15H20N2O/c18-14(9-8-12-6-7-12)17-11-2-1-4-13-5-3-10-16-15(13)17/h3,5,10,12H,1-2,4,6-9,11H2. The van der Waals surface area contributed by atoms with E-state index in [2.05, 4.69) is 11.1 Å². The van der Waals surface area contributed by atoms with Gasteiger partial charge in [0.25, 0.3) is 0 Å². The summed E-state index contributed by atoms with van der Waals surface area (Å²) in [7, 11) is 0. The minimum Gasteiger partial charge on any atom is -0.297 e. The molecule has 1 aliphatic carbocycles. The van der Waals surface area contributed by atoms with Crippen LogP contribution in [0.4, 0.5) is 5.82 Å². The Kier molecular flexibility index (Phi) is 3.31. The highest BCUT2D eigenvalue weighted by molar-refractivity contribution is 5.93. The molecular weight excluding hydrogens is 224 g/mol. The molecule has 0 bridgehead atoms. The summed E-state index contributed by atoms with van der Waals surface area (Å²) in [5.74, 6) is 2.00. The lowest BCUT2D eigenvalue weighted by Gasteiger charge is -2.21. The van der Waals surface area contributed by atoms with E-state index in [1.807, 2.05) is 11.0 Å². The Hall–Kier alpha value is -1.38. The van der Waals surface area contributed by atoms with Gasteiger partial charge in [-0.3, -0.25) is 9.69 Å². The van der Waals surface area contributed by atoms with Crippen molar-refractivity contribution in [2.75, 3.05) is 11.4 Å². The number of hydrogen-bond donors (Lipinski definition) is 0.